The predicted octanol–water partition coefficient (Wildman–Crippen LogP) is 1.74. The van der Waals surface area contributed by atoms with Gasteiger partial charge in [-0.05, 0) is 55.7 Å². The number of hydrogen-bond acceptors (Lipinski definition) is 6. The molecule has 0 heterocycles. The SMILES string of the molecule is CSCC[C@H](NCc1ccccc1)C(=O)N[C@H](C(=O)N[C@@H](CCCCN)C(=O)O)C(C)C. The molecule has 8 nitrogen and oxygen atoms in total. The third kappa shape index (κ3) is 10.5. The fourth-order valence-electron chi connectivity index (χ4n) is 3.20. The molecule has 1 aromatic rings. The van der Waals surface area contributed by atoms with E-state index in [0.29, 0.717) is 38.8 Å². The summed E-state index contributed by atoms with van der Waals surface area (Å²) in [5.74, 6) is -1.25. The molecule has 9 heteroatoms. The molecule has 0 saturated heterocycles. The van der Waals surface area contributed by atoms with Gasteiger partial charge in [0.1, 0.15) is 12.1 Å². The molecule has 180 valence electrons. The topological polar surface area (TPSA) is 134 Å². The molecule has 1 rings (SSSR count). The molecule has 0 radical (unpaired) electrons. The van der Waals surface area contributed by atoms with Crippen LogP contribution < -0.4 is 21.7 Å². The number of unbranched alkanes of at least 4 members (excludes halogenated alkanes) is 1. The number of amides is 2. The largest absolute Gasteiger partial charge is 0.480 e. The monoisotopic (exact) mass is 466 g/mol. The third-order valence-corrected chi connectivity index (χ3v) is 5.77. The quantitative estimate of drug-likeness (QED) is 0.234. The lowest BCUT2D eigenvalue weighted by molar-refractivity contribution is -0.142. The van der Waals surface area contributed by atoms with Gasteiger partial charge in [-0.3, -0.25) is 9.59 Å². The Morgan fingerprint density at radius 1 is 1.00 bits per heavy atom. The minimum Gasteiger partial charge on any atom is -0.480 e. The van der Waals surface area contributed by atoms with Gasteiger partial charge in [-0.1, -0.05) is 44.2 Å². The number of carbonyl (C=O) groups is 3. The molecule has 32 heavy (non-hydrogen) atoms. The van der Waals surface area contributed by atoms with E-state index in [1.165, 1.54) is 0 Å². The van der Waals surface area contributed by atoms with Crippen LogP contribution in [0.15, 0.2) is 30.3 Å². The van der Waals surface area contributed by atoms with Crippen LogP contribution in [0.4, 0.5) is 0 Å². The van der Waals surface area contributed by atoms with Gasteiger partial charge in [-0.15, -0.1) is 0 Å². The highest BCUT2D eigenvalue weighted by molar-refractivity contribution is 7.98. The number of thioether (sulfide) groups is 1. The smallest absolute Gasteiger partial charge is 0.326 e. The van der Waals surface area contributed by atoms with E-state index >= 15 is 0 Å². The van der Waals surface area contributed by atoms with Crippen LogP contribution >= 0.6 is 11.8 Å². The molecule has 1 aromatic carbocycles. The van der Waals surface area contributed by atoms with Gasteiger partial charge in [0, 0.05) is 6.54 Å². The first-order valence-corrected chi connectivity index (χ1v) is 12.5. The summed E-state index contributed by atoms with van der Waals surface area (Å²) in [5, 5.41) is 18.1. The van der Waals surface area contributed by atoms with Crippen molar-refractivity contribution in [3.8, 4) is 0 Å². The Bertz CT molecular complexity index is 702. The van der Waals surface area contributed by atoms with Crippen molar-refractivity contribution in [3.05, 3.63) is 35.9 Å². The van der Waals surface area contributed by atoms with E-state index in [2.05, 4.69) is 16.0 Å². The van der Waals surface area contributed by atoms with E-state index < -0.39 is 30.0 Å². The van der Waals surface area contributed by atoms with Crippen LogP contribution in [-0.2, 0) is 20.9 Å². The van der Waals surface area contributed by atoms with Crippen molar-refractivity contribution >= 4 is 29.5 Å². The van der Waals surface area contributed by atoms with Gasteiger partial charge in [0.15, 0.2) is 0 Å². The lowest BCUT2D eigenvalue weighted by atomic mass is 10.0. The van der Waals surface area contributed by atoms with Gasteiger partial charge in [0.05, 0.1) is 6.04 Å². The van der Waals surface area contributed by atoms with Crippen molar-refractivity contribution in [2.75, 3.05) is 18.6 Å². The van der Waals surface area contributed by atoms with Crippen molar-refractivity contribution in [1.82, 2.24) is 16.0 Å². The number of carbonyl (C=O) groups excluding carboxylic acids is 2. The van der Waals surface area contributed by atoms with E-state index in [4.69, 9.17) is 5.73 Å². The van der Waals surface area contributed by atoms with Gasteiger partial charge in [0.2, 0.25) is 11.8 Å². The normalized spacial score (nSPS) is 13.9. The minimum absolute atomic E-state index is 0.201. The van der Waals surface area contributed by atoms with Crippen molar-refractivity contribution in [1.29, 1.82) is 0 Å². The molecule has 0 bridgehead atoms. The van der Waals surface area contributed by atoms with Gasteiger partial charge >= 0.3 is 5.97 Å². The Balaban J connectivity index is 2.80. The molecule has 3 atom stereocenters. The maximum Gasteiger partial charge on any atom is 0.326 e. The van der Waals surface area contributed by atoms with E-state index in [9.17, 15) is 19.5 Å². The van der Waals surface area contributed by atoms with Crippen LogP contribution in [0.5, 0.6) is 0 Å². The number of carboxylic acids is 1. The Kier molecular flexibility index (Phi) is 13.7. The summed E-state index contributed by atoms with van der Waals surface area (Å²) >= 11 is 1.65. The van der Waals surface area contributed by atoms with E-state index in [1.807, 2.05) is 50.4 Å². The number of nitrogens with two attached hydrogens (primary N) is 1. The van der Waals surface area contributed by atoms with E-state index in [0.717, 1.165) is 11.3 Å². The molecule has 0 saturated carbocycles. The highest BCUT2D eigenvalue weighted by Crippen LogP contribution is 2.09. The Hall–Kier alpha value is -2.10. The fraction of sp³-hybridized carbons (Fsp3) is 0.609. The summed E-state index contributed by atoms with van der Waals surface area (Å²) in [6.45, 7) is 4.65. The molecule has 0 aromatic heterocycles. The van der Waals surface area contributed by atoms with Gasteiger partial charge in [-0.25, -0.2) is 4.79 Å². The van der Waals surface area contributed by atoms with Crippen molar-refractivity contribution in [3.63, 3.8) is 0 Å². The maximum absolute atomic E-state index is 13.0. The summed E-state index contributed by atoms with van der Waals surface area (Å²) in [6.07, 6.45) is 4.18. The third-order valence-electron chi connectivity index (χ3n) is 5.13. The first-order chi connectivity index (χ1) is 15.3. The number of carboxylic acid groups (broad SMARTS) is 1. The second-order valence-electron chi connectivity index (χ2n) is 8.11. The molecular weight excluding hydrogens is 428 g/mol. The standard InChI is InChI=1S/C23H38N4O4S/c1-16(2)20(22(29)26-19(23(30)31)11-7-8-13-24)27-21(28)18(12-14-32-3)25-15-17-9-5-4-6-10-17/h4-6,9-10,16,18-20,25H,7-8,11-15,24H2,1-3H3,(H,26,29)(H,27,28)(H,30,31)/t18-,19-,20-/m0/s1. The Labute approximate surface area is 195 Å². The van der Waals surface area contributed by atoms with Gasteiger partial charge in [0.25, 0.3) is 0 Å². The van der Waals surface area contributed by atoms with Crippen LogP contribution in [0.3, 0.4) is 0 Å². The lowest BCUT2D eigenvalue weighted by Gasteiger charge is -2.26. The highest BCUT2D eigenvalue weighted by Gasteiger charge is 2.30. The van der Waals surface area contributed by atoms with Crippen molar-refractivity contribution in [2.24, 2.45) is 11.7 Å². The number of aliphatic carboxylic acids is 1. The van der Waals surface area contributed by atoms with E-state index in [1.54, 1.807) is 11.8 Å². The van der Waals surface area contributed by atoms with Gasteiger partial charge < -0.3 is 26.8 Å². The number of hydrogen-bond donors (Lipinski definition) is 5. The zero-order valence-electron chi connectivity index (χ0n) is 19.3. The molecule has 0 fully saturated rings. The first kappa shape index (κ1) is 27.9. The van der Waals surface area contributed by atoms with Crippen molar-refractivity contribution < 1.29 is 19.5 Å². The predicted molar refractivity (Wildman–Crippen MR) is 129 cm³/mol. The summed E-state index contributed by atoms with van der Waals surface area (Å²) in [4.78, 5) is 37.4. The average Bonchev–Trinajstić information content (AvgIpc) is 2.77. The highest BCUT2D eigenvalue weighted by atomic mass is 32.2. The molecule has 0 aliphatic carbocycles. The van der Waals surface area contributed by atoms with E-state index in [-0.39, 0.29) is 11.8 Å². The summed E-state index contributed by atoms with van der Waals surface area (Å²) < 4.78 is 0. The number of rotatable bonds is 16. The van der Waals surface area contributed by atoms with Crippen LogP contribution in [-0.4, -0.2) is 59.6 Å². The second-order valence-corrected chi connectivity index (χ2v) is 9.10. The average molecular weight is 467 g/mol. The summed E-state index contributed by atoms with van der Waals surface area (Å²) in [7, 11) is 0. The molecule has 0 aliphatic heterocycles. The van der Waals surface area contributed by atoms with Crippen LogP contribution in [0, 0.1) is 5.92 Å². The molecule has 0 spiro atoms. The van der Waals surface area contributed by atoms with Gasteiger partial charge in [-0.2, -0.15) is 11.8 Å². The first-order valence-electron chi connectivity index (χ1n) is 11.1. The van der Waals surface area contributed by atoms with Crippen LogP contribution in [0.2, 0.25) is 0 Å². The molecule has 6 N–H and O–H groups in total. The molecule has 0 aliphatic rings. The lowest BCUT2D eigenvalue weighted by Crippen LogP contribution is -2.56. The Morgan fingerprint density at radius 2 is 1.69 bits per heavy atom. The maximum atomic E-state index is 13.0. The number of benzene rings is 1. The van der Waals surface area contributed by atoms with Crippen LogP contribution in [0.1, 0.15) is 45.1 Å². The number of nitrogens with one attached hydrogen (secondary N) is 3. The zero-order chi connectivity index (χ0) is 23.9. The fourth-order valence-corrected chi connectivity index (χ4v) is 3.67. The molecule has 0 unspecified atom stereocenters. The summed E-state index contributed by atoms with van der Waals surface area (Å²) in [5.41, 5.74) is 6.53. The van der Waals surface area contributed by atoms with Crippen LogP contribution in [0.25, 0.3) is 0 Å². The molecular formula is C23H38N4O4S. The second kappa shape index (κ2) is 15.7. The minimum atomic E-state index is -1.09. The summed E-state index contributed by atoms with van der Waals surface area (Å²) in [6, 6.07) is 7.50. The van der Waals surface area contributed by atoms with Crippen molar-refractivity contribution in [2.45, 2.75) is 64.2 Å². The molecule has 2 amide bonds. The Morgan fingerprint density at radius 3 is 2.25 bits per heavy atom. The zero-order valence-corrected chi connectivity index (χ0v) is 20.1.